The zero-order valence-electron chi connectivity index (χ0n) is 10.3. The molecule has 1 fully saturated rings. The molecule has 0 spiro atoms. The number of rotatable bonds is 3. The Morgan fingerprint density at radius 3 is 2.60 bits per heavy atom. The van der Waals surface area contributed by atoms with Gasteiger partial charge in [0.15, 0.2) is 0 Å². The van der Waals surface area contributed by atoms with Gasteiger partial charge >= 0.3 is 0 Å². The molecule has 1 aliphatic rings. The number of hydrogen-bond donors (Lipinski definition) is 1. The highest BCUT2D eigenvalue weighted by molar-refractivity contribution is 5.33. The molecule has 0 aromatic heterocycles. The first-order valence-electron chi connectivity index (χ1n) is 5.62. The number of nitrogens with zero attached hydrogens (tertiary/aromatic N) is 1. The maximum Gasteiger partial charge on any atom is 0.234 e. The van der Waals surface area contributed by atoms with Gasteiger partial charge in [-0.25, -0.2) is 9.79 Å². The number of carbonyl (C=O) groups excluding carboxylic acids is 1. The van der Waals surface area contributed by atoms with Crippen molar-refractivity contribution < 1.29 is 4.79 Å². The Morgan fingerprint density at radius 2 is 2.07 bits per heavy atom. The minimum Gasteiger partial charge on any atom is -0.317 e. The van der Waals surface area contributed by atoms with Crippen LogP contribution in [0.5, 0.6) is 0 Å². The average molecular weight is 210 g/mol. The summed E-state index contributed by atoms with van der Waals surface area (Å²) in [6.07, 6.45) is 5.08. The Bertz CT molecular complexity index is 269. The van der Waals surface area contributed by atoms with E-state index in [4.69, 9.17) is 0 Å². The van der Waals surface area contributed by atoms with Crippen molar-refractivity contribution in [1.82, 2.24) is 5.32 Å². The summed E-state index contributed by atoms with van der Waals surface area (Å²) in [5.41, 5.74) is 0.478. The Labute approximate surface area is 92.4 Å². The van der Waals surface area contributed by atoms with Gasteiger partial charge in [-0.15, -0.1) is 0 Å². The van der Waals surface area contributed by atoms with Crippen molar-refractivity contribution in [2.24, 2.45) is 15.8 Å². The topological polar surface area (TPSA) is 41.5 Å². The summed E-state index contributed by atoms with van der Waals surface area (Å²) in [6.45, 7) is 7.41. The van der Waals surface area contributed by atoms with E-state index in [0.29, 0.717) is 18.0 Å². The highest BCUT2D eigenvalue weighted by Crippen LogP contribution is 2.46. The van der Waals surface area contributed by atoms with Crippen LogP contribution in [0.3, 0.4) is 0 Å². The van der Waals surface area contributed by atoms with Crippen molar-refractivity contribution in [2.75, 3.05) is 13.6 Å². The largest absolute Gasteiger partial charge is 0.317 e. The van der Waals surface area contributed by atoms with E-state index in [2.05, 4.69) is 31.1 Å². The second kappa shape index (κ2) is 4.46. The van der Waals surface area contributed by atoms with Crippen LogP contribution in [0.15, 0.2) is 4.99 Å². The molecule has 1 N–H and O–H groups in total. The molecule has 0 heterocycles. The molecule has 86 valence electrons. The normalized spacial score (nSPS) is 34.5. The van der Waals surface area contributed by atoms with E-state index in [9.17, 15) is 4.79 Å². The maximum atomic E-state index is 10.2. The third-order valence-corrected chi connectivity index (χ3v) is 3.38. The van der Waals surface area contributed by atoms with Crippen molar-refractivity contribution in [1.29, 1.82) is 0 Å². The lowest BCUT2D eigenvalue weighted by molar-refractivity contribution is 0.0804. The highest BCUT2D eigenvalue weighted by atomic mass is 16.1. The smallest absolute Gasteiger partial charge is 0.234 e. The van der Waals surface area contributed by atoms with E-state index in [0.717, 1.165) is 12.8 Å². The van der Waals surface area contributed by atoms with Crippen molar-refractivity contribution >= 4 is 6.08 Å². The van der Waals surface area contributed by atoms with Gasteiger partial charge in [-0.05, 0) is 37.1 Å². The number of isocyanates is 1. The Kier molecular flexibility index (Phi) is 3.69. The molecule has 0 radical (unpaired) electrons. The Balaban J connectivity index is 2.76. The lowest BCUT2D eigenvalue weighted by atomic mass is 9.62. The molecule has 1 saturated carbocycles. The molecule has 15 heavy (non-hydrogen) atoms. The summed E-state index contributed by atoms with van der Waals surface area (Å²) in [5.74, 6) is 0. The maximum absolute atomic E-state index is 10.2. The predicted octanol–water partition coefficient (Wildman–Crippen LogP) is 2.13. The fourth-order valence-electron chi connectivity index (χ4n) is 3.18. The molecular formula is C12H22N2O. The Morgan fingerprint density at radius 1 is 1.40 bits per heavy atom. The quantitative estimate of drug-likeness (QED) is 0.572. The SMILES string of the molecule is CNC1CC(C)(C)CC(C)(CN=C=O)C1. The van der Waals surface area contributed by atoms with Crippen molar-refractivity contribution in [3.63, 3.8) is 0 Å². The third-order valence-electron chi connectivity index (χ3n) is 3.38. The molecule has 2 unspecified atom stereocenters. The van der Waals surface area contributed by atoms with Gasteiger partial charge < -0.3 is 5.32 Å². The number of hydrogen-bond acceptors (Lipinski definition) is 3. The summed E-state index contributed by atoms with van der Waals surface area (Å²) in [4.78, 5) is 14.0. The molecule has 0 aliphatic heterocycles. The summed E-state index contributed by atoms with van der Waals surface area (Å²) in [6, 6.07) is 0.542. The van der Waals surface area contributed by atoms with Crippen LogP contribution in [-0.4, -0.2) is 25.7 Å². The van der Waals surface area contributed by atoms with Crippen LogP contribution in [0.2, 0.25) is 0 Å². The van der Waals surface area contributed by atoms with Crippen molar-refractivity contribution in [2.45, 2.75) is 46.1 Å². The fraction of sp³-hybridized carbons (Fsp3) is 0.917. The molecule has 2 atom stereocenters. The first-order valence-corrected chi connectivity index (χ1v) is 5.62. The third kappa shape index (κ3) is 3.44. The minimum absolute atomic E-state index is 0.146. The first kappa shape index (κ1) is 12.4. The monoisotopic (exact) mass is 210 g/mol. The molecule has 0 bridgehead atoms. The van der Waals surface area contributed by atoms with Crippen LogP contribution in [0, 0.1) is 10.8 Å². The van der Waals surface area contributed by atoms with E-state index in [1.807, 2.05) is 7.05 Å². The summed E-state index contributed by atoms with van der Waals surface area (Å²) in [5, 5.41) is 3.35. The van der Waals surface area contributed by atoms with Crippen LogP contribution >= 0.6 is 0 Å². The highest BCUT2D eigenvalue weighted by Gasteiger charge is 2.40. The van der Waals surface area contributed by atoms with E-state index >= 15 is 0 Å². The van der Waals surface area contributed by atoms with E-state index < -0.39 is 0 Å². The van der Waals surface area contributed by atoms with Crippen LogP contribution in [-0.2, 0) is 4.79 Å². The van der Waals surface area contributed by atoms with Gasteiger partial charge in [0.1, 0.15) is 0 Å². The first-order chi connectivity index (χ1) is 6.91. The van der Waals surface area contributed by atoms with E-state index in [1.165, 1.54) is 6.42 Å². The molecule has 3 nitrogen and oxygen atoms in total. The van der Waals surface area contributed by atoms with Gasteiger partial charge in [0.05, 0.1) is 6.54 Å². The lowest BCUT2D eigenvalue weighted by Gasteiger charge is -2.45. The number of nitrogens with one attached hydrogen (secondary N) is 1. The second-order valence-electron chi connectivity index (χ2n) is 5.95. The van der Waals surface area contributed by atoms with Gasteiger partial charge in [0.25, 0.3) is 0 Å². The van der Waals surface area contributed by atoms with Gasteiger partial charge in [0, 0.05) is 6.04 Å². The summed E-state index contributed by atoms with van der Waals surface area (Å²) >= 11 is 0. The minimum atomic E-state index is 0.146. The van der Waals surface area contributed by atoms with Gasteiger partial charge in [-0.2, -0.15) is 0 Å². The van der Waals surface area contributed by atoms with E-state index in [1.54, 1.807) is 6.08 Å². The van der Waals surface area contributed by atoms with Crippen molar-refractivity contribution in [3.05, 3.63) is 0 Å². The molecule has 0 aromatic carbocycles. The van der Waals surface area contributed by atoms with Crippen LogP contribution in [0.1, 0.15) is 40.0 Å². The van der Waals surface area contributed by atoms with E-state index in [-0.39, 0.29) is 5.41 Å². The molecule has 0 aromatic rings. The predicted molar refractivity (Wildman–Crippen MR) is 61.6 cm³/mol. The average Bonchev–Trinajstić information content (AvgIpc) is 2.12. The zero-order valence-corrected chi connectivity index (χ0v) is 10.3. The Hall–Kier alpha value is -0.660. The van der Waals surface area contributed by atoms with Crippen LogP contribution < -0.4 is 5.32 Å². The second-order valence-corrected chi connectivity index (χ2v) is 5.95. The summed E-state index contributed by atoms with van der Waals surface area (Å²) < 4.78 is 0. The summed E-state index contributed by atoms with van der Waals surface area (Å²) in [7, 11) is 2.01. The van der Waals surface area contributed by atoms with Gasteiger partial charge in [0.2, 0.25) is 6.08 Å². The van der Waals surface area contributed by atoms with Gasteiger partial charge in [-0.1, -0.05) is 20.8 Å². The molecule has 0 amide bonds. The number of aliphatic imine (C=N–C) groups is 1. The molecule has 3 heteroatoms. The molecular weight excluding hydrogens is 188 g/mol. The standard InChI is InChI=1S/C12H22N2O/c1-11(2)5-10(13-4)6-12(3,7-11)8-14-9-15/h10,13H,5-8H2,1-4H3. The van der Waals surface area contributed by atoms with Crippen LogP contribution in [0.4, 0.5) is 0 Å². The fourth-order valence-corrected chi connectivity index (χ4v) is 3.18. The zero-order chi connectivity index (χ0) is 11.5. The van der Waals surface area contributed by atoms with Crippen molar-refractivity contribution in [3.8, 4) is 0 Å². The lowest BCUT2D eigenvalue weighted by Crippen LogP contribution is -2.44. The van der Waals surface area contributed by atoms with Gasteiger partial charge in [-0.3, -0.25) is 0 Å². The molecule has 1 rings (SSSR count). The van der Waals surface area contributed by atoms with Crippen LogP contribution in [0.25, 0.3) is 0 Å². The molecule has 0 saturated heterocycles. The molecule has 1 aliphatic carbocycles.